The molecule has 2 atom stereocenters. The highest BCUT2D eigenvalue weighted by atomic mass is 16.3. The van der Waals surface area contributed by atoms with Crippen LogP contribution < -0.4 is 5.32 Å². The van der Waals surface area contributed by atoms with Gasteiger partial charge in [-0.2, -0.15) is 0 Å². The fraction of sp³-hybridized carbons (Fsp3) is 0.400. The molecule has 94 valence electrons. The van der Waals surface area contributed by atoms with Gasteiger partial charge in [-0.1, -0.05) is 6.07 Å². The number of nitrogens with one attached hydrogen (secondary N) is 1. The Morgan fingerprint density at radius 1 is 1.44 bits per heavy atom. The van der Waals surface area contributed by atoms with Crippen LogP contribution in [0.2, 0.25) is 0 Å². The zero-order chi connectivity index (χ0) is 12.4. The van der Waals surface area contributed by atoms with Crippen LogP contribution in [0, 0.1) is 0 Å². The lowest BCUT2D eigenvalue weighted by Gasteiger charge is -2.26. The summed E-state index contributed by atoms with van der Waals surface area (Å²) in [5, 5.41) is 3.68. The molecule has 0 amide bonds. The van der Waals surface area contributed by atoms with E-state index in [-0.39, 0.29) is 0 Å². The average Bonchev–Trinajstić information content (AvgIpc) is 2.89. The van der Waals surface area contributed by atoms with E-state index >= 15 is 0 Å². The molecule has 0 radical (unpaired) electrons. The molecule has 1 aliphatic carbocycles. The second kappa shape index (κ2) is 4.94. The van der Waals surface area contributed by atoms with Gasteiger partial charge in [-0.25, -0.2) is 0 Å². The van der Waals surface area contributed by atoms with Gasteiger partial charge >= 0.3 is 0 Å². The quantitative estimate of drug-likeness (QED) is 0.896. The van der Waals surface area contributed by atoms with E-state index in [1.54, 1.807) is 6.26 Å². The summed E-state index contributed by atoms with van der Waals surface area (Å²) < 4.78 is 5.52. The Morgan fingerprint density at radius 3 is 3.22 bits per heavy atom. The Hall–Kier alpha value is -1.61. The number of hydrogen-bond donors (Lipinski definition) is 1. The van der Waals surface area contributed by atoms with E-state index < -0.39 is 0 Å². The summed E-state index contributed by atoms with van der Waals surface area (Å²) in [4.78, 5) is 4.17. The van der Waals surface area contributed by atoms with Gasteiger partial charge in [0.2, 0.25) is 0 Å². The number of aryl methyl sites for hydroxylation is 1. The fourth-order valence-electron chi connectivity index (χ4n) is 2.69. The third kappa shape index (κ3) is 2.18. The van der Waals surface area contributed by atoms with Gasteiger partial charge in [-0.15, -0.1) is 0 Å². The number of nitrogens with zero attached hydrogens (tertiary/aromatic N) is 1. The summed E-state index contributed by atoms with van der Waals surface area (Å²) in [6.45, 7) is 2.19. The summed E-state index contributed by atoms with van der Waals surface area (Å²) in [5.74, 6) is 1.15. The van der Waals surface area contributed by atoms with Crippen molar-refractivity contribution in [2.45, 2.75) is 38.3 Å². The lowest BCUT2D eigenvalue weighted by Crippen LogP contribution is -2.27. The smallest absolute Gasteiger partial charge is 0.108 e. The number of furan rings is 1. The molecule has 2 unspecified atom stereocenters. The van der Waals surface area contributed by atoms with Crippen LogP contribution in [0.3, 0.4) is 0 Å². The molecule has 1 aliphatic rings. The molecule has 0 fully saturated rings. The molecule has 3 rings (SSSR count). The first-order chi connectivity index (χ1) is 8.84. The van der Waals surface area contributed by atoms with E-state index in [4.69, 9.17) is 4.42 Å². The van der Waals surface area contributed by atoms with E-state index in [0.717, 1.165) is 12.2 Å². The molecular weight excluding hydrogens is 224 g/mol. The molecule has 2 heterocycles. The Morgan fingerprint density at radius 2 is 2.39 bits per heavy atom. The molecular formula is C15H18N2O. The van der Waals surface area contributed by atoms with Crippen molar-refractivity contribution in [3.63, 3.8) is 0 Å². The van der Waals surface area contributed by atoms with Crippen molar-refractivity contribution in [3.05, 3.63) is 53.7 Å². The summed E-state index contributed by atoms with van der Waals surface area (Å²) in [7, 11) is 0. The summed E-state index contributed by atoms with van der Waals surface area (Å²) in [6.07, 6.45) is 8.98. The minimum Gasteiger partial charge on any atom is -0.469 e. The Labute approximate surface area is 107 Å². The molecule has 1 N–H and O–H groups in total. The molecule has 2 aromatic rings. The maximum absolute atomic E-state index is 5.52. The first kappa shape index (κ1) is 11.5. The standard InChI is InChI=1S/C15H18N2O/c1-11(12-4-3-8-16-10-12)17-14-5-2-6-15-13(14)7-9-18-15/h3-4,7-11,14,17H,2,5-6H2,1H3. The summed E-state index contributed by atoms with van der Waals surface area (Å²) >= 11 is 0. The Bertz CT molecular complexity index is 506. The molecule has 0 saturated heterocycles. The van der Waals surface area contributed by atoms with Gasteiger partial charge in [-0.05, 0) is 37.5 Å². The monoisotopic (exact) mass is 242 g/mol. The zero-order valence-corrected chi connectivity index (χ0v) is 10.6. The first-order valence-corrected chi connectivity index (χ1v) is 6.57. The van der Waals surface area contributed by atoms with Crippen molar-refractivity contribution >= 4 is 0 Å². The van der Waals surface area contributed by atoms with Gasteiger partial charge in [0.1, 0.15) is 5.76 Å². The van der Waals surface area contributed by atoms with Gasteiger partial charge in [0, 0.05) is 36.5 Å². The number of fused-ring (bicyclic) bond motifs is 1. The van der Waals surface area contributed by atoms with Crippen LogP contribution in [0.25, 0.3) is 0 Å². The van der Waals surface area contributed by atoms with Crippen molar-refractivity contribution in [3.8, 4) is 0 Å². The van der Waals surface area contributed by atoms with Crippen molar-refractivity contribution in [2.24, 2.45) is 0 Å². The molecule has 0 aromatic carbocycles. The SMILES string of the molecule is CC(NC1CCCc2occc21)c1cccnc1. The second-order valence-corrected chi connectivity index (χ2v) is 4.92. The lowest BCUT2D eigenvalue weighted by molar-refractivity contribution is 0.385. The maximum Gasteiger partial charge on any atom is 0.108 e. The van der Waals surface area contributed by atoms with Crippen LogP contribution in [0.1, 0.15) is 48.7 Å². The normalized spacial score (nSPS) is 20.4. The highest BCUT2D eigenvalue weighted by Crippen LogP contribution is 2.32. The topological polar surface area (TPSA) is 38.1 Å². The van der Waals surface area contributed by atoms with Gasteiger partial charge in [0.05, 0.1) is 6.26 Å². The van der Waals surface area contributed by atoms with Crippen LogP contribution in [0.5, 0.6) is 0 Å². The summed E-state index contributed by atoms with van der Waals surface area (Å²) in [6, 6.07) is 6.91. The van der Waals surface area contributed by atoms with Crippen LogP contribution in [-0.4, -0.2) is 4.98 Å². The Kier molecular flexibility index (Phi) is 3.15. The molecule has 0 saturated carbocycles. The van der Waals surface area contributed by atoms with Crippen LogP contribution >= 0.6 is 0 Å². The van der Waals surface area contributed by atoms with Crippen LogP contribution in [0.4, 0.5) is 0 Å². The fourth-order valence-corrected chi connectivity index (χ4v) is 2.69. The van der Waals surface area contributed by atoms with E-state index in [2.05, 4.69) is 29.4 Å². The number of pyridine rings is 1. The molecule has 18 heavy (non-hydrogen) atoms. The van der Waals surface area contributed by atoms with Gasteiger partial charge < -0.3 is 9.73 Å². The molecule has 0 bridgehead atoms. The predicted octanol–water partition coefficient (Wildman–Crippen LogP) is 3.40. The van der Waals surface area contributed by atoms with E-state index in [1.807, 2.05) is 18.5 Å². The largest absolute Gasteiger partial charge is 0.469 e. The number of rotatable bonds is 3. The molecule has 3 nitrogen and oxygen atoms in total. The van der Waals surface area contributed by atoms with Crippen molar-refractivity contribution in [1.82, 2.24) is 10.3 Å². The molecule has 2 aromatic heterocycles. The minimum absolute atomic E-state index is 0.310. The highest BCUT2D eigenvalue weighted by Gasteiger charge is 2.23. The van der Waals surface area contributed by atoms with Crippen molar-refractivity contribution in [1.29, 1.82) is 0 Å². The van der Waals surface area contributed by atoms with Crippen LogP contribution in [-0.2, 0) is 6.42 Å². The lowest BCUT2D eigenvalue weighted by atomic mass is 9.92. The zero-order valence-electron chi connectivity index (χ0n) is 10.6. The third-order valence-corrected chi connectivity index (χ3v) is 3.69. The number of aromatic nitrogens is 1. The highest BCUT2D eigenvalue weighted by molar-refractivity contribution is 5.25. The maximum atomic E-state index is 5.52. The second-order valence-electron chi connectivity index (χ2n) is 4.92. The van der Waals surface area contributed by atoms with Crippen molar-refractivity contribution in [2.75, 3.05) is 0 Å². The molecule has 0 aliphatic heterocycles. The molecule has 0 spiro atoms. The van der Waals surface area contributed by atoms with E-state index in [0.29, 0.717) is 12.1 Å². The average molecular weight is 242 g/mol. The van der Waals surface area contributed by atoms with Crippen LogP contribution in [0.15, 0.2) is 41.3 Å². The first-order valence-electron chi connectivity index (χ1n) is 6.57. The van der Waals surface area contributed by atoms with E-state index in [9.17, 15) is 0 Å². The number of hydrogen-bond acceptors (Lipinski definition) is 3. The van der Waals surface area contributed by atoms with Gasteiger partial charge in [0.25, 0.3) is 0 Å². The minimum atomic E-state index is 0.310. The van der Waals surface area contributed by atoms with Crippen molar-refractivity contribution < 1.29 is 4.42 Å². The van der Waals surface area contributed by atoms with E-state index in [1.165, 1.54) is 24.0 Å². The Balaban J connectivity index is 1.75. The van der Waals surface area contributed by atoms with Gasteiger partial charge in [0.15, 0.2) is 0 Å². The predicted molar refractivity (Wildman–Crippen MR) is 70.2 cm³/mol. The molecule has 3 heteroatoms. The third-order valence-electron chi connectivity index (χ3n) is 3.69. The summed E-state index contributed by atoms with van der Waals surface area (Å²) in [5.41, 5.74) is 2.56. The van der Waals surface area contributed by atoms with Gasteiger partial charge in [-0.3, -0.25) is 4.98 Å².